The summed E-state index contributed by atoms with van der Waals surface area (Å²) in [5.41, 5.74) is 3.91. The fourth-order valence-electron chi connectivity index (χ4n) is 4.32. The van der Waals surface area contributed by atoms with Gasteiger partial charge in [0.05, 0.1) is 11.4 Å². The molecule has 2 aliphatic heterocycles. The van der Waals surface area contributed by atoms with Crippen molar-refractivity contribution < 1.29 is 23.8 Å². The molecule has 4 N–H and O–H groups in total. The summed E-state index contributed by atoms with van der Waals surface area (Å²) in [6.45, 7) is 0.651. The van der Waals surface area contributed by atoms with E-state index in [1.807, 2.05) is 32.3 Å². The van der Waals surface area contributed by atoms with Crippen LogP contribution in [0.1, 0.15) is 47.9 Å². The van der Waals surface area contributed by atoms with Gasteiger partial charge >= 0.3 is 5.97 Å². The number of aliphatic carboxylic acids is 1. The van der Waals surface area contributed by atoms with E-state index < -0.39 is 17.8 Å². The highest BCUT2D eigenvalue weighted by Crippen LogP contribution is 2.41. The molecule has 0 saturated heterocycles. The summed E-state index contributed by atoms with van der Waals surface area (Å²) in [4.78, 5) is 26.0. The van der Waals surface area contributed by atoms with Crippen LogP contribution >= 0.6 is 0 Å². The van der Waals surface area contributed by atoms with Crippen molar-refractivity contribution in [2.24, 2.45) is 0 Å². The molecule has 0 aromatic heterocycles. The Morgan fingerprint density at radius 3 is 2.77 bits per heavy atom. The number of nitrogens with one attached hydrogen (secondary N) is 3. The van der Waals surface area contributed by atoms with Gasteiger partial charge < -0.3 is 25.4 Å². The first-order chi connectivity index (χ1) is 16.7. The third kappa shape index (κ3) is 5.35. The number of amides is 1. The summed E-state index contributed by atoms with van der Waals surface area (Å²) in [7, 11) is 3.65. The average molecular weight is 481 g/mol. The molecular weight excluding hydrogens is 451 g/mol. The predicted molar refractivity (Wildman–Crippen MR) is 131 cm³/mol. The molecule has 9 heteroatoms. The molecular formula is C26H29FN4O4. The van der Waals surface area contributed by atoms with E-state index in [1.54, 1.807) is 4.90 Å². The molecule has 0 saturated carbocycles. The molecule has 0 radical (unpaired) electrons. The Hall–Kier alpha value is -3.72. The fourth-order valence-corrected chi connectivity index (χ4v) is 4.32. The molecule has 1 atom stereocenters. The Labute approximate surface area is 203 Å². The third-order valence-corrected chi connectivity index (χ3v) is 6.29. The number of carboxylic acids is 1. The lowest BCUT2D eigenvalue weighted by atomic mass is 9.99. The number of carboxylic acid groups (broad SMARTS) is 1. The van der Waals surface area contributed by atoms with Crippen LogP contribution in [0.2, 0.25) is 0 Å². The number of benzene rings is 2. The van der Waals surface area contributed by atoms with E-state index in [1.165, 1.54) is 18.2 Å². The summed E-state index contributed by atoms with van der Waals surface area (Å²) < 4.78 is 19.7. The first kappa shape index (κ1) is 24.4. The summed E-state index contributed by atoms with van der Waals surface area (Å²) in [5, 5.41) is 23.3. The van der Waals surface area contributed by atoms with Crippen LogP contribution in [0.15, 0.2) is 36.4 Å². The van der Waals surface area contributed by atoms with Crippen LogP contribution in [0.4, 0.5) is 10.1 Å². The molecule has 35 heavy (non-hydrogen) atoms. The Morgan fingerprint density at radius 1 is 1.23 bits per heavy atom. The number of amidine groups is 1. The van der Waals surface area contributed by atoms with Gasteiger partial charge in [-0.1, -0.05) is 24.6 Å². The molecule has 2 heterocycles. The number of rotatable bonds is 9. The first-order valence-electron chi connectivity index (χ1n) is 11.6. The highest BCUT2D eigenvalue weighted by molar-refractivity contribution is 6.36. The van der Waals surface area contributed by atoms with Gasteiger partial charge in [-0.25, -0.2) is 4.39 Å². The molecule has 184 valence electrons. The normalized spacial score (nSPS) is 16.8. The lowest BCUT2D eigenvalue weighted by Gasteiger charge is -2.16. The molecule has 0 bridgehead atoms. The van der Waals surface area contributed by atoms with Gasteiger partial charge in [0.1, 0.15) is 24.2 Å². The smallest absolute Gasteiger partial charge is 0.320 e. The van der Waals surface area contributed by atoms with Gasteiger partial charge in [0.25, 0.3) is 5.91 Å². The molecule has 4 rings (SSSR count). The van der Waals surface area contributed by atoms with Gasteiger partial charge in [-0.2, -0.15) is 0 Å². The molecule has 0 aliphatic carbocycles. The van der Waals surface area contributed by atoms with Crippen LogP contribution in [0.5, 0.6) is 0 Å². The minimum Gasteiger partial charge on any atom is -0.487 e. The number of unbranched alkanes of at least 4 members (excludes halogenated alkanes) is 1. The van der Waals surface area contributed by atoms with Crippen molar-refractivity contribution in [2.75, 3.05) is 19.4 Å². The second-order valence-electron chi connectivity index (χ2n) is 8.99. The molecule has 0 fully saturated rings. The standard InChI is InChI=1S/C26H29FN4O4/c1-31(2)22(28)6-4-3-5-21(26(33)34)29-13-15-7-9-18-16(11-15)14-35-24(18)23-19-12-17(27)8-10-20(19)30-25(23)32/h7-12,21,28-29H,3-6,13-14H2,1-2H3,(H,30,32)(H,33,34)/b24-23+,28-22?/t21-/m0/s1. The zero-order valence-corrected chi connectivity index (χ0v) is 19.8. The van der Waals surface area contributed by atoms with Crippen LogP contribution in [0.3, 0.4) is 0 Å². The molecule has 2 aromatic rings. The number of ether oxygens (including phenoxy) is 1. The summed E-state index contributed by atoms with van der Waals surface area (Å²) in [6.07, 6.45) is 2.57. The third-order valence-electron chi connectivity index (χ3n) is 6.29. The van der Waals surface area contributed by atoms with Gasteiger partial charge in [0.15, 0.2) is 0 Å². The van der Waals surface area contributed by atoms with Gasteiger partial charge in [-0.15, -0.1) is 0 Å². The van der Waals surface area contributed by atoms with Crippen LogP contribution in [0.25, 0.3) is 11.3 Å². The van der Waals surface area contributed by atoms with E-state index in [2.05, 4.69) is 10.6 Å². The summed E-state index contributed by atoms with van der Waals surface area (Å²) in [5.74, 6) is -0.704. The van der Waals surface area contributed by atoms with Gasteiger partial charge in [-0.05, 0) is 36.6 Å². The van der Waals surface area contributed by atoms with E-state index in [-0.39, 0.29) is 12.5 Å². The van der Waals surface area contributed by atoms with Crippen LogP contribution in [-0.2, 0) is 27.5 Å². The van der Waals surface area contributed by atoms with Gasteiger partial charge in [-0.3, -0.25) is 15.0 Å². The quantitative estimate of drug-likeness (QED) is 0.188. The zero-order valence-electron chi connectivity index (χ0n) is 19.8. The number of hydrogen-bond donors (Lipinski definition) is 4. The van der Waals surface area contributed by atoms with E-state index >= 15 is 0 Å². The monoisotopic (exact) mass is 480 g/mol. The van der Waals surface area contributed by atoms with E-state index in [9.17, 15) is 19.1 Å². The molecule has 0 spiro atoms. The lowest BCUT2D eigenvalue weighted by Crippen LogP contribution is -2.36. The summed E-state index contributed by atoms with van der Waals surface area (Å²) in [6, 6.07) is 9.14. The van der Waals surface area contributed by atoms with Crippen molar-refractivity contribution in [2.45, 2.75) is 44.9 Å². The summed E-state index contributed by atoms with van der Waals surface area (Å²) >= 11 is 0. The second kappa shape index (κ2) is 10.3. The van der Waals surface area contributed by atoms with Crippen molar-refractivity contribution in [3.8, 4) is 0 Å². The molecule has 8 nitrogen and oxygen atoms in total. The number of carbonyl (C=O) groups excluding carboxylic acids is 1. The zero-order chi connectivity index (χ0) is 25.1. The minimum absolute atomic E-state index is 0.278. The molecule has 2 aliphatic rings. The Morgan fingerprint density at radius 2 is 2.03 bits per heavy atom. The van der Waals surface area contributed by atoms with Crippen molar-refractivity contribution in [3.63, 3.8) is 0 Å². The van der Waals surface area contributed by atoms with Crippen molar-refractivity contribution in [1.82, 2.24) is 10.2 Å². The van der Waals surface area contributed by atoms with Crippen molar-refractivity contribution in [3.05, 3.63) is 64.5 Å². The lowest BCUT2D eigenvalue weighted by molar-refractivity contribution is -0.139. The van der Waals surface area contributed by atoms with E-state index in [0.717, 1.165) is 23.1 Å². The fraction of sp³-hybridized carbons (Fsp3) is 0.346. The Kier molecular flexibility index (Phi) is 7.16. The SMILES string of the molecule is CN(C)C(=N)CCCC[C@H](NCc1ccc2c(c1)CO/C2=C1/C(=O)Nc2ccc(F)cc21)C(=O)O. The van der Waals surface area contributed by atoms with Crippen molar-refractivity contribution >= 4 is 34.7 Å². The number of halogens is 1. The number of carbonyl (C=O) groups is 2. The minimum atomic E-state index is -0.901. The Bertz CT molecular complexity index is 1210. The largest absolute Gasteiger partial charge is 0.487 e. The maximum absolute atomic E-state index is 13.8. The maximum Gasteiger partial charge on any atom is 0.320 e. The van der Waals surface area contributed by atoms with Crippen LogP contribution < -0.4 is 10.6 Å². The molecule has 2 aromatic carbocycles. The topological polar surface area (TPSA) is 115 Å². The predicted octanol–water partition coefficient (Wildman–Crippen LogP) is 3.82. The molecule has 0 unspecified atom stereocenters. The van der Waals surface area contributed by atoms with Gasteiger partial charge in [0, 0.05) is 49.4 Å². The Balaban J connectivity index is 1.42. The highest BCUT2D eigenvalue weighted by atomic mass is 19.1. The highest BCUT2D eigenvalue weighted by Gasteiger charge is 2.32. The second-order valence-corrected chi connectivity index (χ2v) is 8.99. The average Bonchev–Trinajstić information content (AvgIpc) is 3.36. The number of nitrogens with zero attached hydrogens (tertiary/aromatic N) is 1. The van der Waals surface area contributed by atoms with E-state index in [4.69, 9.17) is 10.1 Å². The van der Waals surface area contributed by atoms with E-state index in [0.29, 0.717) is 54.2 Å². The number of fused-ring (bicyclic) bond motifs is 2. The maximum atomic E-state index is 13.8. The number of anilines is 1. The molecule has 1 amide bonds. The van der Waals surface area contributed by atoms with Crippen LogP contribution in [-0.4, -0.2) is 47.9 Å². The van der Waals surface area contributed by atoms with Gasteiger partial charge in [0.2, 0.25) is 0 Å². The van der Waals surface area contributed by atoms with Crippen LogP contribution in [0, 0.1) is 11.2 Å². The first-order valence-corrected chi connectivity index (χ1v) is 11.6. The number of hydrogen-bond acceptors (Lipinski definition) is 5. The van der Waals surface area contributed by atoms with Crippen molar-refractivity contribution in [1.29, 1.82) is 5.41 Å².